The van der Waals surface area contributed by atoms with Crippen molar-refractivity contribution in [3.8, 4) is 5.75 Å². The van der Waals surface area contributed by atoms with Crippen molar-refractivity contribution in [2.45, 2.75) is 17.9 Å². The van der Waals surface area contributed by atoms with Crippen molar-refractivity contribution in [3.63, 3.8) is 0 Å². The molecular weight excluding hydrogens is 367 g/mol. The number of phenols is 1. The predicted octanol–water partition coefficient (Wildman–Crippen LogP) is 1.89. The topological polar surface area (TPSA) is 112 Å². The van der Waals surface area contributed by atoms with E-state index in [0.29, 0.717) is 0 Å². The second-order valence-corrected chi connectivity index (χ2v) is 6.02. The molecule has 3 atom stereocenters. The first-order chi connectivity index (χ1) is 12.6. The summed E-state index contributed by atoms with van der Waals surface area (Å²) in [4.78, 5) is 28.4. The van der Waals surface area contributed by atoms with Crippen molar-refractivity contribution in [1.82, 2.24) is 15.6 Å². The van der Waals surface area contributed by atoms with Crippen LogP contribution in [-0.2, 0) is 0 Å². The highest BCUT2D eigenvalue weighted by Gasteiger charge is 2.66. The van der Waals surface area contributed by atoms with Gasteiger partial charge in [-0.05, 0) is 29.8 Å². The van der Waals surface area contributed by atoms with Gasteiger partial charge in [-0.3, -0.25) is 9.78 Å². The van der Waals surface area contributed by atoms with Crippen LogP contribution in [0.2, 0.25) is 0 Å². The number of halogens is 3. The van der Waals surface area contributed by atoms with Crippen molar-refractivity contribution < 1.29 is 33.0 Å². The number of aromatic hydroxyl groups is 1. The number of alkyl halides is 3. The number of urea groups is 1. The van der Waals surface area contributed by atoms with Crippen LogP contribution < -0.4 is 10.6 Å². The molecule has 142 valence electrons. The van der Waals surface area contributed by atoms with Gasteiger partial charge >= 0.3 is 12.2 Å². The summed E-state index contributed by atoms with van der Waals surface area (Å²) in [6, 6.07) is 4.74. The van der Waals surface area contributed by atoms with Crippen molar-refractivity contribution >= 4 is 11.8 Å². The van der Waals surface area contributed by atoms with Crippen molar-refractivity contribution in [3.05, 3.63) is 59.9 Å². The van der Waals surface area contributed by atoms with Gasteiger partial charge < -0.3 is 20.8 Å². The number of aliphatic hydroxyl groups is 1. The molecule has 7 nitrogen and oxygen atoms in total. The molecule has 2 aromatic rings. The van der Waals surface area contributed by atoms with Crippen LogP contribution in [0.1, 0.15) is 22.0 Å². The summed E-state index contributed by atoms with van der Waals surface area (Å²) in [5, 5.41) is 23.4. The predicted molar refractivity (Wildman–Crippen MR) is 85.6 cm³/mol. The molecule has 4 N–H and O–H groups in total. The Morgan fingerprint density at radius 1 is 1.19 bits per heavy atom. The fraction of sp³-hybridized carbons (Fsp3) is 0.235. The molecule has 0 radical (unpaired) electrons. The maximum Gasteiger partial charge on any atom is 0.437 e. The van der Waals surface area contributed by atoms with Gasteiger partial charge in [-0.15, -0.1) is 0 Å². The number of carbonyl (C=O) groups excluding carboxylic acids is 2. The number of phenolic OH excluding ortho intramolecular Hbond substituents is 1. The minimum Gasteiger partial charge on any atom is -0.508 e. The Kier molecular flexibility index (Phi) is 4.52. The van der Waals surface area contributed by atoms with E-state index < -0.39 is 35.7 Å². The first-order valence-electron chi connectivity index (χ1n) is 7.74. The summed E-state index contributed by atoms with van der Waals surface area (Å²) in [5.41, 5.74) is -3.86. The monoisotopic (exact) mass is 381 g/mol. The molecule has 1 aromatic carbocycles. The highest BCUT2D eigenvalue weighted by atomic mass is 19.4. The van der Waals surface area contributed by atoms with E-state index in [1.54, 1.807) is 0 Å². The molecule has 0 saturated carbocycles. The van der Waals surface area contributed by atoms with Crippen molar-refractivity contribution in [2.75, 3.05) is 0 Å². The van der Waals surface area contributed by atoms with Crippen LogP contribution in [0.25, 0.3) is 0 Å². The van der Waals surface area contributed by atoms with E-state index in [0.717, 1.165) is 6.20 Å². The summed E-state index contributed by atoms with van der Waals surface area (Å²) in [6.45, 7) is 0. The fourth-order valence-corrected chi connectivity index (χ4v) is 2.99. The summed E-state index contributed by atoms with van der Waals surface area (Å²) < 4.78 is 41.0. The number of nitrogens with one attached hydrogen (secondary N) is 2. The number of nitrogens with zero attached hydrogens (tertiary/aromatic N) is 1. The van der Waals surface area contributed by atoms with Gasteiger partial charge in [0.25, 0.3) is 0 Å². The standard InChI is InChI=1S/C17H14F3N3O4/c18-17(19,20)16(27)12(14(25)10-2-1-7-21-8-10)13(22-15(26)23-16)9-3-5-11(24)6-4-9/h1-8,12-13,24,27H,(H2,22,23,26)/t12-,13+,16+/m0/s1. The van der Waals surface area contributed by atoms with Crippen LogP contribution in [0, 0.1) is 5.92 Å². The van der Waals surface area contributed by atoms with Crippen LogP contribution in [0.4, 0.5) is 18.0 Å². The Balaban J connectivity index is 2.15. The molecule has 1 aliphatic rings. The van der Waals surface area contributed by atoms with Gasteiger partial charge in [0.15, 0.2) is 5.78 Å². The Morgan fingerprint density at radius 2 is 1.85 bits per heavy atom. The van der Waals surface area contributed by atoms with E-state index in [1.165, 1.54) is 47.9 Å². The molecule has 27 heavy (non-hydrogen) atoms. The fourth-order valence-electron chi connectivity index (χ4n) is 2.99. The first kappa shape index (κ1) is 18.6. The minimum atomic E-state index is -5.33. The van der Waals surface area contributed by atoms with Gasteiger partial charge in [0.2, 0.25) is 5.72 Å². The normalized spacial score (nSPS) is 25.4. The highest BCUT2D eigenvalue weighted by Crippen LogP contribution is 2.44. The number of Topliss-reactive ketones (excluding diaryl/α,β-unsaturated/α-hetero) is 1. The number of amides is 2. The molecule has 2 amide bonds. The molecule has 3 rings (SSSR count). The highest BCUT2D eigenvalue weighted by molar-refractivity contribution is 6.00. The molecule has 0 aliphatic carbocycles. The number of pyridine rings is 1. The Hall–Kier alpha value is -3.14. The van der Waals surface area contributed by atoms with Crippen LogP contribution in [0.5, 0.6) is 5.75 Å². The average Bonchev–Trinajstić information content (AvgIpc) is 2.61. The number of rotatable bonds is 3. The number of ketones is 1. The molecule has 10 heteroatoms. The molecule has 1 fully saturated rings. The maximum atomic E-state index is 13.7. The third kappa shape index (κ3) is 3.31. The van der Waals surface area contributed by atoms with Gasteiger partial charge in [0, 0.05) is 18.0 Å². The van der Waals surface area contributed by atoms with E-state index in [9.17, 15) is 33.0 Å². The average molecular weight is 381 g/mol. The summed E-state index contributed by atoms with van der Waals surface area (Å²) in [7, 11) is 0. The van der Waals surface area contributed by atoms with Crippen LogP contribution >= 0.6 is 0 Å². The van der Waals surface area contributed by atoms with E-state index >= 15 is 0 Å². The zero-order valence-corrected chi connectivity index (χ0v) is 13.6. The molecule has 0 spiro atoms. The van der Waals surface area contributed by atoms with E-state index in [1.807, 2.05) is 0 Å². The lowest BCUT2D eigenvalue weighted by molar-refractivity contribution is -0.287. The molecule has 0 bridgehead atoms. The zero-order valence-electron chi connectivity index (χ0n) is 13.6. The Bertz CT molecular complexity index is 858. The number of hydrogen-bond acceptors (Lipinski definition) is 5. The van der Waals surface area contributed by atoms with Gasteiger partial charge in [0.05, 0.1) is 6.04 Å². The third-order valence-corrected chi connectivity index (χ3v) is 4.29. The minimum absolute atomic E-state index is 0.104. The zero-order chi connectivity index (χ0) is 19.8. The van der Waals surface area contributed by atoms with Gasteiger partial charge in [-0.1, -0.05) is 12.1 Å². The molecule has 1 aliphatic heterocycles. The Morgan fingerprint density at radius 3 is 2.41 bits per heavy atom. The number of carbonyl (C=O) groups is 2. The molecular formula is C17H14F3N3O4. The quantitative estimate of drug-likeness (QED) is 0.607. The lowest BCUT2D eigenvalue weighted by Crippen LogP contribution is -2.72. The summed E-state index contributed by atoms with van der Waals surface area (Å²) in [6.07, 6.45) is -2.92. The van der Waals surface area contributed by atoms with Crippen molar-refractivity contribution in [1.29, 1.82) is 0 Å². The Labute approximate surface area is 150 Å². The third-order valence-electron chi connectivity index (χ3n) is 4.29. The van der Waals surface area contributed by atoms with Crippen molar-refractivity contribution in [2.24, 2.45) is 5.92 Å². The van der Waals surface area contributed by atoms with Gasteiger partial charge in [-0.25, -0.2) is 4.79 Å². The summed E-state index contributed by atoms with van der Waals surface area (Å²) >= 11 is 0. The lowest BCUT2D eigenvalue weighted by Gasteiger charge is -2.45. The van der Waals surface area contributed by atoms with Crippen LogP contribution in [0.3, 0.4) is 0 Å². The number of benzene rings is 1. The number of hydrogen-bond donors (Lipinski definition) is 4. The molecule has 1 saturated heterocycles. The second-order valence-electron chi connectivity index (χ2n) is 6.02. The largest absolute Gasteiger partial charge is 0.508 e. The van der Waals surface area contributed by atoms with Crippen LogP contribution in [-0.4, -0.2) is 38.9 Å². The lowest BCUT2D eigenvalue weighted by atomic mass is 9.77. The van der Waals surface area contributed by atoms with Crippen LogP contribution in [0.15, 0.2) is 48.8 Å². The second kappa shape index (κ2) is 6.54. The molecule has 0 unspecified atom stereocenters. The summed E-state index contributed by atoms with van der Waals surface area (Å²) in [5.74, 6) is -3.35. The molecule has 1 aromatic heterocycles. The molecule has 2 heterocycles. The number of aromatic nitrogens is 1. The first-order valence-corrected chi connectivity index (χ1v) is 7.74. The van der Waals surface area contributed by atoms with Gasteiger partial charge in [0.1, 0.15) is 11.7 Å². The van der Waals surface area contributed by atoms with Gasteiger partial charge in [-0.2, -0.15) is 13.2 Å². The smallest absolute Gasteiger partial charge is 0.437 e. The van der Waals surface area contributed by atoms with E-state index in [4.69, 9.17) is 0 Å². The SMILES string of the molecule is O=C1N[C@H](c2ccc(O)cc2)[C@@H](C(=O)c2cccnc2)[C@@](O)(C(F)(F)F)N1. The maximum absolute atomic E-state index is 13.7. The van der Waals surface area contributed by atoms with E-state index in [2.05, 4.69) is 10.3 Å². The van der Waals surface area contributed by atoms with E-state index in [-0.39, 0.29) is 16.9 Å².